The van der Waals surface area contributed by atoms with Crippen molar-refractivity contribution in [1.82, 2.24) is 0 Å². The normalized spacial score (nSPS) is 47.3. The van der Waals surface area contributed by atoms with E-state index in [2.05, 4.69) is 13.8 Å². The van der Waals surface area contributed by atoms with Crippen molar-refractivity contribution in [2.45, 2.75) is 70.8 Å². The monoisotopic (exact) mass is 239 g/mol. The van der Waals surface area contributed by atoms with Crippen molar-refractivity contribution >= 4 is 0 Å². The summed E-state index contributed by atoms with van der Waals surface area (Å²) in [6.07, 6.45) is 9.41. The zero-order valence-electron chi connectivity index (χ0n) is 11.5. The van der Waals surface area contributed by atoms with Crippen LogP contribution in [0.25, 0.3) is 0 Å². The van der Waals surface area contributed by atoms with E-state index in [-0.39, 0.29) is 5.41 Å². The zero-order chi connectivity index (χ0) is 12.5. The molecule has 0 heterocycles. The Kier molecular flexibility index (Phi) is 3.84. The molecule has 2 heteroatoms. The molecule has 2 aliphatic carbocycles. The van der Waals surface area contributed by atoms with Crippen molar-refractivity contribution < 1.29 is 5.11 Å². The minimum Gasteiger partial charge on any atom is -0.389 e. The fraction of sp³-hybridized carbons (Fsp3) is 1.00. The molecule has 4 unspecified atom stereocenters. The van der Waals surface area contributed by atoms with E-state index in [4.69, 9.17) is 5.73 Å². The third kappa shape index (κ3) is 2.04. The summed E-state index contributed by atoms with van der Waals surface area (Å²) < 4.78 is 0. The standard InChI is InChI=1S/C15H29NO/c1-3-13-7-9-14(10-13,11-16)15(17)8-5-4-6-12(15)2/h12-13,17H,3-11,16H2,1-2H3. The molecule has 2 aliphatic rings. The van der Waals surface area contributed by atoms with Crippen LogP contribution in [-0.4, -0.2) is 17.3 Å². The highest BCUT2D eigenvalue weighted by Crippen LogP contribution is 2.55. The molecule has 0 amide bonds. The van der Waals surface area contributed by atoms with Crippen LogP contribution >= 0.6 is 0 Å². The van der Waals surface area contributed by atoms with Gasteiger partial charge in [-0.25, -0.2) is 0 Å². The number of aliphatic hydroxyl groups is 1. The summed E-state index contributed by atoms with van der Waals surface area (Å²) in [6.45, 7) is 5.17. The third-order valence-electron chi connectivity index (χ3n) is 5.86. The molecule has 0 aromatic carbocycles. The van der Waals surface area contributed by atoms with Gasteiger partial charge in [0.2, 0.25) is 0 Å². The molecule has 2 rings (SSSR count). The molecule has 0 aromatic rings. The van der Waals surface area contributed by atoms with Gasteiger partial charge in [-0.3, -0.25) is 0 Å². The molecular formula is C15H29NO. The Morgan fingerprint density at radius 1 is 1.24 bits per heavy atom. The van der Waals surface area contributed by atoms with Gasteiger partial charge in [0, 0.05) is 12.0 Å². The van der Waals surface area contributed by atoms with Crippen LogP contribution in [0.2, 0.25) is 0 Å². The summed E-state index contributed by atoms with van der Waals surface area (Å²) >= 11 is 0. The first-order chi connectivity index (χ1) is 8.08. The molecule has 0 bridgehead atoms. The van der Waals surface area contributed by atoms with E-state index in [1.807, 2.05) is 0 Å². The summed E-state index contributed by atoms with van der Waals surface area (Å²) in [4.78, 5) is 0. The Labute approximate surface area is 106 Å². The lowest BCUT2D eigenvalue weighted by Crippen LogP contribution is -2.56. The summed E-state index contributed by atoms with van der Waals surface area (Å²) in [5.74, 6) is 1.21. The predicted octanol–water partition coefficient (Wildman–Crippen LogP) is 3.08. The van der Waals surface area contributed by atoms with Gasteiger partial charge in [-0.2, -0.15) is 0 Å². The van der Waals surface area contributed by atoms with E-state index in [1.165, 1.54) is 32.1 Å². The molecule has 3 N–H and O–H groups in total. The van der Waals surface area contributed by atoms with Crippen LogP contribution in [-0.2, 0) is 0 Å². The van der Waals surface area contributed by atoms with Crippen LogP contribution in [0.3, 0.4) is 0 Å². The van der Waals surface area contributed by atoms with Crippen LogP contribution in [0.5, 0.6) is 0 Å². The zero-order valence-corrected chi connectivity index (χ0v) is 11.5. The van der Waals surface area contributed by atoms with Crippen molar-refractivity contribution in [3.05, 3.63) is 0 Å². The maximum Gasteiger partial charge on any atom is 0.0741 e. The number of nitrogens with two attached hydrogens (primary N) is 1. The number of rotatable bonds is 3. The third-order valence-corrected chi connectivity index (χ3v) is 5.86. The van der Waals surface area contributed by atoms with Crippen molar-refractivity contribution in [2.75, 3.05) is 6.54 Å². The molecule has 0 spiro atoms. The van der Waals surface area contributed by atoms with E-state index < -0.39 is 5.60 Å². The first-order valence-corrected chi connectivity index (χ1v) is 7.50. The first kappa shape index (κ1) is 13.4. The molecule has 0 aromatic heterocycles. The van der Waals surface area contributed by atoms with Crippen molar-refractivity contribution in [3.8, 4) is 0 Å². The average molecular weight is 239 g/mol. The van der Waals surface area contributed by atoms with Gasteiger partial charge in [0.1, 0.15) is 0 Å². The molecule has 2 fully saturated rings. The summed E-state index contributed by atoms with van der Waals surface area (Å²) in [5, 5.41) is 11.2. The Bertz CT molecular complexity index is 268. The molecule has 17 heavy (non-hydrogen) atoms. The number of hydrogen-bond acceptors (Lipinski definition) is 2. The lowest BCUT2D eigenvalue weighted by atomic mass is 9.59. The first-order valence-electron chi connectivity index (χ1n) is 7.50. The second-order valence-electron chi connectivity index (χ2n) is 6.57. The Morgan fingerprint density at radius 3 is 2.53 bits per heavy atom. The molecule has 0 radical (unpaired) electrons. The Hall–Kier alpha value is -0.0800. The largest absolute Gasteiger partial charge is 0.389 e. The summed E-state index contributed by atoms with van der Waals surface area (Å²) in [6, 6.07) is 0. The van der Waals surface area contributed by atoms with Gasteiger partial charge in [0.05, 0.1) is 5.60 Å². The maximum absolute atomic E-state index is 11.2. The van der Waals surface area contributed by atoms with Gasteiger partial charge >= 0.3 is 0 Å². The van der Waals surface area contributed by atoms with Gasteiger partial charge in [-0.1, -0.05) is 33.1 Å². The van der Waals surface area contributed by atoms with Gasteiger partial charge in [0.25, 0.3) is 0 Å². The summed E-state index contributed by atoms with van der Waals surface area (Å²) in [5.41, 5.74) is 5.64. The minimum atomic E-state index is -0.482. The second-order valence-corrected chi connectivity index (χ2v) is 6.57. The van der Waals surface area contributed by atoms with Gasteiger partial charge in [0.15, 0.2) is 0 Å². The molecule has 2 saturated carbocycles. The van der Waals surface area contributed by atoms with Gasteiger partial charge in [-0.15, -0.1) is 0 Å². The van der Waals surface area contributed by atoms with Crippen LogP contribution in [0, 0.1) is 17.3 Å². The highest BCUT2D eigenvalue weighted by atomic mass is 16.3. The fourth-order valence-electron chi connectivity index (χ4n) is 4.46. The summed E-state index contributed by atoms with van der Waals surface area (Å²) in [7, 11) is 0. The highest BCUT2D eigenvalue weighted by molar-refractivity contribution is 5.07. The molecular weight excluding hydrogens is 210 g/mol. The second kappa shape index (κ2) is 4.89. The Morgan fingerprint density at radius 2 is 2.00 bits per heavy atom. The molecule has 0 saturated heterocycles. The lowest BCUT2D eigenvalue weighted by molar-refractivity contribution is -0.139. The fourth-order valence-corrected chi connectivity index (χ4v) is 4.46. The molecule has 4 atom stereocenters. The smallest absolute Gasteiger partial charge is 0.0741 e. The van der Waals surface area contributed by atoms with Crippen LogP contribution in [0.15, 0.2) is 0 Å². The lowest BCUT2D eigenvalue weighted by Gasteiger charge is -2.51. The molecule has 2 nitrogen and oxygen atoms in total. The van der Waals surface area contributed by atoms with Crippen molar-refractivity contribution in [1.29, 1.82) is 0 Å². The quantitative estimate of drug-likeness (QED) is 0.795. The van der Waals surface area contributed by atoms with E-state index in [1.54, 1.807) is 0 Å². The SMILES string of the molecule is CCC1CCC(CN)(C2(O)CCCCC2C)C1. The Balaban J connectivity index is 2.22. The highest BCUT2D eigenvalue weighted by Gasteiger charge is 2.55. The molecule has 100 valence electrons. The topological polar surface area (TPSA) is 46.2 Å². The molecule has 0 aliphatic heterocycles. The van der Waals surface area contributed by atoms with E-state index in [0.29, 0.717) is 12.5 Å². The van der Waals surface area contributed by atoms with E-state index >= 15 is 0 Å². The minimum absolute atomic E-state index is 0.0213. The van der Waals surface area contributed by atoms with E-state index in [9.17, 15) is 5.11 Å². The van der Waals surface area contributed by atoms with Gasteiger partial charge in [-0.05, 0) is 43.9 Å². The predicted molar refractivity (Wildman–Crippen MR) is 71.7 cm³/mol. The number of hydrogen-bond donors (Lipinski definition) is 2. The van der Waals surface area contributed by atoms with Crippen molar-refractivity contribution in [2.24, 2.45) is 23.0 Å². The van der Waals surface area contributed by atoms with Crippen LogP contribution in [0.1, 0.15) is 65.2 Å². The van der Waals surface area contributed by atoms with Gasteiger partial charge < -0.3 is 10.8 Å². The van der Waals surface area contributed by atoms with E-state index in [0.717, 1.165) is 25.2 Å². The van der Waals surface area contributed by atoms with Crippen LogP contribution in [0.4, 0.5) is 0 Å². The average Bonchev–Trinajstić information content (AvgIpc) is 2.78. The van der Waals surface area contributed by atoms with Crippen LogP contribution < -0.4 is 5.73 Å². The maximum atomic E-state index is 11.2. The van der Waals surface area contributed by atoms with Crippen molar-refractivity contribution in [3.63, 3.8) is 0 Å².